The summed E-state index contributed by atoms with van der Waals surface area (Å²) < 4.78 is 1.98. The van der Waals surface area contributed by atoms with Gasteiger partial charge in [0.2, 0.25) is 0 Å². The Morgan fingerprint density at radius 3 is 2.93 bits per heavy atom. The number of hydrogen-bond donors (Lipinski definition) is 1. The molecule has 1 aliphatic carbocycles. The summed E-state index contributed by atoms with van der Waals surface area (Å²) in [5, 5.41) is 5.05. The molecule has 15 heavy (non-hydrogen) atoms. The number of aromatic nitrogens is 2. The van der Waals surface area contributed by atoms with Crippen LogP contribution in [0.25, 0.3) is 0 Å². The van der Waals surface area contributed by atoms with E-state index >= 15 is 0 Å². The third kappa shape index (κ3) is 2.04. The minimum atomic E-state index is 0.248. The van der Waals surface area contributed by atoms with Crippen molar-refractivity contribution < 1.29 is 0 Å². The summed E-state index contributed by atoms with van der Waals surface area (Å²) in [5.74, 6) is 0.397. The highest BCUT2D eigenvalue weighted by molar-refractivity contribution is 6.31. The predicted molar refractivity (Wildman–Crippen MR) is 62.1 cm³/mol. The fraction of sp³-hybridized carbons (Fsp3) is 0.727. The molecule has 2 N–H and O–H groups in total. The summed E-state index contributed by atoms with van der Waals surface area (Å²) in [6, 6.07) is 0.248. The standard InChI is InChI=1S/C11H18ClN3/c1-2-15-11(9(12)7-14-15)8-5-3-4-6-10(8)13/h7-8,10H,2-6,13H2,1H3. The maximum absolute atomic E-state index is 6.18. The van der Waals surface area contributed by atoms with Crippen molar-refractivity contribution in [2.24, 2.45) is 5.73 Å². The Balaban J connectivity index is 2.29. The lowest BCUT2D eigenvalue weighted by molar-refractivity contribution is 0.366. The van der Waals surface area contributed by atoms with Crippen LogP contribution >= 0.6 is 11.6 Å². The van der Waals surface area contributed by atoms with E-state index in [2.05, 4.69) is 12.0 Å². The van der Waals surface area contributed by atoms with Gasteiger partial charge in [-0.3, -0.25) is 4.68 Å². The number of rotatable bonds is 2. The summed E-state index contributed by atoms with van der Waals surface area (Å²) in [5.41, 5.74) is 7.31. The van der Waals surface area contributed by atoms with E-state index in [4.69, 9.17) is 17.3 Å². The first-order valence-corrected chi connectivity index (χ1v) is 6.08. The summed E-state index contributed by atoms with van der Waals surface area (Å²) in [6.07, 6.45) is 6.49. The van der Waals surface area contributed by atoms with Crippen LogP contribution in [-0.2, 0) is 6.54 Å². The van der Waals surface area contributed by atoms with Crippen LogP contribution in [0, 0.1) is 0 Å². The Morgan fingerprint density at radius 2 is 2.27 bits per heavy atom. The van der Waals surface area contributed by atoms with E-state index < -0.39 is 0 Å². The van der Waals surface area contributed by atoms with Gasteiger partial charge in [-0.05, 0) is 19.8 Å². The zero-order valence-corrected chi connectivity index (χ0v) is 9.87. The summed E-state index contributed by atoms with van der Waals surface area (Å²) >= 11 is 6.18. The molecule has 0 amide bonds. The lowest BCUT2D eigenvalue weighted by Gasteiger charge is -2.29. The second kappa shape index (κ2) is 4.54. The van der Waals surface area contributed by atoms with E-state index in [1.807, 2.05) is 4.68 Å². The van der Waals surface area contributed by atoms with Gasteiger partial charge in [0, 0.05) is 18.5 Å². The molecule has 4 heteroatoms. The van der Waals surface area contributed by atoms with Crippen molar-refractivity contribution in [2.45, 2.75) is 51.1 Å². The molecular formula is C11H18ClN3. The van der Waals surface area contributed by atoms with Crippen LogP contribution in [0.5, 0.6) is 0 Å². The smallest absolute Gasteiger partial charge is 0.0821 e. The van der Waals surface area contributed by atoms with E-state index in [0.29, 0.717) is 5.92 Å². The molecular weight excluding hydrogens is 210 g/mol. The fourth-order valence-electron chi connectivity index (χ4n) is 2.49. The third-order valence-corrected chi connectivity index (χ3v) is 3.59. The average molecular weight is 228 g/mol. The fourth-order valence-corrected chi connectivity index (χ4v) is 2.77. The maximum atomic E-state index is 6.18. The van der Waals surface area contributed by atoms with Crippen LogP contribution in [0.3, 0.4) is 0 Å². The quantitative estimate of drug-likeness (QED) is 0.844. The van der Waals surface area contributed by atoms with Gasteiger partial charge in [0.15, 0.2) is 0 Å². The minimum Gasteiger partial charge on any atom is -0.327 e. The van der Waals surface area contributed by atoms with Crippen molar-refractivity contribution in [1.82, 2.24) is 9.78 Å². The number of halogens is 1. The molecule has 1 fully saturated rings. The minimum absolute atomic E-state index is 0.248. The third-order valence-electron chi connectivity index (χ3n) is 3.30. The topological polar surface area (TPSA) is 43.8 Å². The van der Waals surface area contributed by atoms with Gasteiger partial charge in [-0.1, -0.05) is 24.4 Å². The van der Waals surface area contributed by atoms with Gasteiger partial charge in [0.25, 0.3) is 0 Å². The molecule has 3 nitrogen and oxygen atoms in total. The molecule has 1 aliphatic rings. The summed E-state index contributed by atoms with van der Waals surface area (Å²) in [4.78, 5) is 0. The van der Waals surface area contributed by atoms with E-state index in [-0.39, 0.29) is 6.04 Å². The highest BCUT2D eigenvalue weighted by atomic mass is 35.5. The maximum Gasteiger partial charge on any atom is 0.0821 e. The predicted octanol–water partition coefficient (Wildman–Crippen LogP) is 2.54. The first kappa shape index (κ1) is 11.0. The van der Waals surface area contributed by atoms with Crippen molar-refractivity contribution in [3.05, 3.63) is 16.9 Å². The molecule has 1 saturated carbocycles. The van der Waals surface area contributed by atoms with Crippen LogP contribution < -0.4 is 5.73 Å². The number of hydrogen-bond acceptors (Lipinski definition) is 2. The molecule has 0 aromatic carbocycles. The molecule has 1 heterocycles. The SMILES string of the molecule is CCn1ncc(Cl)c1C1CCCCC1N. The highest BCUT2D eigenvalue weighted by Crippen LogP contribution is 2.35. The number of nitrogens with zero attached hydrogens (tertiary/aromatic N) is 2. The number of nitrogens with two attached hydrogens (primary N) is 1. The number of aryl methyl sites for hydroxylation is 1. The summed E-state index contributed by atoms with van der Waals surface area (Å²) in [6.45, 7) is 2.95. The van der Waals surface area contributed by atoms with Crippen LogP contribution in [0.2, 0.25) is 5.02 Å². The molecule has 2 unspecified atom stereocenters. The van der Waals surface area contributed by atoms with Gasteiger partial charge < -0.3 is 5.73 Å². The molecule has 2 rings (SSSR count). The van der Waals surface area contributed by atoms with Gasteiger partial charge in [-0.25, -0.2) is 0 Å². The van der Waals surface area contributed by atoms with Crippen molar-refractivity contribution in [3.8, 4) is 0 Å². The first-order valence-electron chi connectivity index (χ1n) is 5.70. The largest absolute Gasteiger partial charge is 0.327 e. The molecule has 1 aromatic heterocycles. The molecule has 0 bridgehead atoms. The first-order chi connectivity index (χ1) is 7.24. The van der Waals surface area contributed by atoms with Gasteiger partial charge in [0.05, 0.1) is 16.9 Å². The van der Waals surface area contributed by atoms with Crippen molar-refractivity contribution in [3.63, 3.8) is 0 Å². The lowest BCUT2D eigenvalue weighted by atomic mass is 9.83. The van der Waals surface area contributed by atoms with E-state index in [9.17, 15) is 0 Å². The Labute approximate surface area is 95.6 Å². The highest BCUT2D eigenvalue weighted by Gasteiger charge is 2.28. The Bertz CT molecular complexity index is 335. The molecule has 0 aliphatic heterocycles. The lowest BCUT2D eigenvalue weighted by Crippen LogP contribution is -2.32. The van der Waals surface area contributed by atoms with Crippen LogP contribution in [0.15, 0.2) is 6.20 Å². The summed E-state index contributed by atoms with van der Waals surface area (Å²) in [7, 11) is 0. The second-order valence-corrected chi connectivity index (χ2v) is 4.66. The molecule has 0 spiro atoms. The molecule has 0 saturated heterocycles. The van der Waals surface area contributed by atoms with E-state index in [1.54, 1.807) is 6.20 Å². The van der Waals surface area contributed by atoms with Crippen LogP contribution in [0.1, 0.15) is 44.2 Å². The zero-order valence-electron chi connectivity index (χ0n) is 9.12. The Hall–Kier alpha value is -0.540. The van der Waals surface area contributed by atoms with Crippen LogP contribution in [0.4, 0.5) is 0 Å². The molecule has 1 aromatic rings. The molecule has 84 valence electrons. The zero-order chi connectivity index (χ0) is 10.8. The van der Waals surface area contributed by atoms with Crippen molar-refractivity contribution in [1.29, 1.82) is 0 Å². The molecule has 2 atom stereocenters. The van der Waals surface area contributed by atoms with Gasteiger partial charge >= 0.3 is 0 Å². The Morgan fingerprint density at radius 1 is 1.53 bits per heavy atom. The normalized spacial score (nSPS) is 26.9. The van der Waals surface area contributed by atoms with E-state index in [1.165, 1.54) is 12.8 Å². The van der Waals surface area contributed by atoms with Crippen LogP contribution in [-0.4, -0.2) is 15.8 Å². The van der Waals surface area contributed by atoms with E-state index in [0.717, 1.165) is 30.1 Å². The average Bonchev–Trinajstić information content (AvgIpc) is 2.60. The van der Waals surface area contributed by atoms with Crippen molar-refractivity contribution >= 4 is 11.6 Å². The van der Waals surface area contributed by atoms with Gasteiger partial charge in [0.1, 0.15) is 0 Å². The monoisotopic (exact) mass is 227 g/mol. The molecule has 0 radical (unpaired) electrons. The Kier molecular flexibility index (Phi) is 3.32. The van der Waals surface area contributed by atoms with Crippen molar-refractivity contribution in [2.75, 3.05) is 0 Å². The van der Waals surface area contributed by atoms with Gasteiger partial charge in [-0.15, -0.1) is 0 Å². The second-order valence-electron chi connectivity index (χ2n) is 4.25. The van der Waals surface area contributed by atoms with Gasteiger partial charge in [-0.2, -0.15) is 5.10 Å².